The average molecular weight is 154 g/mol. The molecular formula is C8H12NS. The minimum atomic E-state index is 0.595. The van der Waals surface area contributed by atoms with E-state index in [1.54, 1.807) is 11.3 Å². The van der Waals surface area contributed by atoms with Gasteiger partial charge in [0.15, 0.2) is 0 Å². The molecule has 0 aliphatic heterocycles. The van der Waals surface area contributed by atoms with Crippen LogP contribution in [0.5, 0.6) is 0 Å². The Morgan fingerprint density at radius 3 is 3.10 bits per heavy atom. The van der Waals surface area contributed by atoms with Gasteiger partial charge in [0.25, 0.3) is 0 Å². The van der Waals surface area contributed by atoms with Crippen molar-refractivity contribution in [3.63, 3.8) is 0 Å². The highest BCUT2D eigenvalue weighted by atomic mass is 32.1. The Morgan fingerprint density at radius 1 is 1.80 bits per heavy atom. The molecule has 0 saturated heterocycles. The van der Waals surface area contributed by atoms with E-state index in [-0.39, 0.29) is 0 Å². The zero-order chi connectivity index (χ0) is 7.40. The summed E-state index contributed by atoms with van der Waals surface area (Å²) < 4.78 is 0. The van der Waals surface area contributed by atoms with Crippen LogP contribution >= 0.6 is 11.3 Å². The SMILES string of the molecule is [CH2]CCC(C)c1nccs1. The Kier molecular flexibility index (Phi) is 2.87. The maximum atomic E-state index is 4.23. The van der Waals surface area contributed by atoms with Gasteiger partial charge in [0, 0.05) is 17.5 Å². The van der Waals surface area contributed by atoms with Crippen LogP contribution in [0.4, 0.5) is 0 Å². The van der Waals surface area contributed by atoms with E-state index in [2.05, 4.69) is 18.8 Å². The van der Waals surface area contributed by atoms with Gasteiger partial charge < -0.3 is 0 Å². The summed E-state index contributed by atoms with van der Waals surface area (Å²) in [4.78, 5) is 4.23. The molecule has 0 N–H and O–H groups in total. The van der Waals surface area contributed by atoms with Gasteiger partial charge >= 0.3 is 0 Å². The van der Waals surface area contributed by atoms with Crippen molar-refractivity contribution in [2.45, 2.75) is 25.7 Å². The van der Waals surface area contributed by atoms with Crippen LogP contribution in [0, 0.1) is 6.92 Å². The van der Waals surface area contributed by atoms with Crippen LogP contribution in [0.3, 0.4) is 0 Å². The lowest BCUT2D eigenvalue weighted by Gasteiger charge is -2.03. The third kappa shape index (κ3) is 1.81. The van der Waals surface area contributed by atoms with E-state index in [1.807, 2.05) is 11.6 Å². The van der Waals surface area contributed by atoms with Gasteiger partial charge in [-0.25, -0.2) is 4.98 Å². The van der Waals surface area contributed by atoms with Crippen molar-refractivity contribution in [2.24, 2.45) is 0 Å². The summed E-state index contributed by atoms with van der Waals surface area (Å²) in [6.45, 7) is 6.01. The minimum Gasteiger partial charge on any atom is -0.249 e. The van der Waals surface area contributed by atoms with E-state index >= 15 is 0 Å². The van der Waals surface area contributed by atoms with E-state index in [0.29, 0.717) is 5.92 Å². The molecule has 1 aromatic heterocycles. The summed E-state index contributed by atoms with van der Waals surface area (Å²) in [6, 6.07) is 0. The van der Waals surface area contributed by atoms with Gasteiger partial charge in [0.1, 0.15) is 0 Å². The number of hydrogen-bond donors (Lipinski definition) is 0. The van der Waals surface area contributed by atoms with Crippen LogP contribution in [-0.4, -0.2) is 4.98 Å². The van der Waals surface area contributed by atoms with Crippen LogP contribution in [0.2, 0.25) is 0 Å². The van der Waals surface area contributed by atoms with Crippen molar-refractivity contribution < 1.29 is 0 Å². The van der Waals surface area contributed by atoms with Gasteiger partial charge in [0.05, 0.1) is 5.01 Å². The number of aromatic nitrogens is 1. The highest BCUT2D eigenvalue weighted by Gasteiger charge is 2.04. The third-order valence-electron chi connectivity index (χ3n) is 1.51. The first-order chi connectivity index (χ1) is 4.84. The van der Waals surface area contributed by atoms with Crippen molar-refractivity contribution >= 4 is 11.3 Å². The Hall–Kier alpha value is -0.370. The predicted octanol–water partition coefficient (Wildman–Crippen LogP) is 2.86. The molecule has 0 saturated carbocycles. The first kappa shape index (κ1) is 7.73. The normalized spacial score (nSPS) is 13.4. The predicted molar refractivity (Wildman–Crippen MR) is 45.1 cm³/mol. The average Bonchev–Trinajstić information content (AvgIpc) is 2.38. The fourth-order valence-corrected chi connectivity index (χ4v) is 1.64. The zero-order valence-electron chi connectivity index (χ0n) is 6.21. The summed E-state index contributed by atoms with van der Waals surface area (Å²) in [5, 5.41) is 3.26. The van der Waals surface area contributed by atoms with E-state index in [9.17, 15) is 0 Å². The summed E-state index contributed by atoms with van der Waals surface area (Å²) in [7, 11) is 0. The molecule has 1 radical (unpaired) electrons. The molecule has 0 spiro atoms. The molecule has 10 heavy (non-hydrogen) atoms. The second-order valence-corrected chi connectivity index (χ2v) is 3.34. The first-order valence-electron chi connectivity index (χ1n) is 3.53. The molecule has 1 atom stereocenters. The van der Waals surface area contributed by atoms with Crippen molar-refractivity contribution in [3.8, 4) is 0 Å². The molecule has 0 amide bonds. The number of hydrogen-bond acceptors (Lipinski definition) is 2. The molecular weight excluding hydrogens is 142 g/mol. The van der Waals surface area contributed by atoms with Crippen molar-refractivity contribution in [3.05, 3.63) is 23.5 Å². The lowest BCUT2D eigenvalue weighted by atomic mass is 10.1. The van der Waals surface area contributed by atoms with E-state index in [1.165, 1.54) is 5.01 Å². The highest BCUT2D eigenvalue weighted by Crippen LogP contribution is 2.21. The van der Waals surface area contributed by atoms with Crippen molar-refractivity contribution in [2.75, 3.05) is 0 Å². The molecule has 1 heterocycles. The Morgan fingerprint density at radius 2 is 2.60 bits per heavy atom. The maximum Gasteiger partial charge on any atom is 0.0953 e. The Balaban J connectivity index is 2.50. The van der Waals surface area contributed by atoms with Gasteiger partial charge in [-0.1, -0.05) is 20.3 Å². The lowest BCUT2D eigenvalue weighted by Crippen LogP contribution is -1.90. The van der Waals surface area contributed by atoms with E-state index in [4.69, 9.17) is 0 Å². The molecule has 0 fully saturated rings. The molecule has 0 bridgehead atoms. The molecule has 0 aromatic carbocycles. The zero-order valence-corrected chi connectivity index (χ0v) is 7.03. The van der Waals surface area contributed by atoms with Crippen LogP contribution in [-0.2, 0) is 0 Å². The van der Waals surface area contributed by atoms with E-state index in [0.717, 1.165) is 12.8 Å². The van der Waals surface area contributed by atoms with Crippen LogP contribution in [0.25, 0.3) is 0 Å². The topological polar surface area (TPSA) is 12.9 Å². The van der Waals surface area contributed by atoms with Gasteiger partial charge in [-0.15, -0.1) is 11.3 Å². The standard InChI is InChI=1S/C8H12NS/c1-3-4-7(2)8-9-5-6-10-8/h5-7H,1,3-4H2,2H3. The van der Waals surface area contributed by atoms with Crippen LogP contribution in [0.1, 0.15) is 30.7 Å². The summed E-state index contributed by atoms with van der Waals surface area (Å²) >= 11 is 1.73. The number of rotatable bonds is 3. The summed E-state index contributed by atoms with van der Waals surface area (Å²) in [5.41, 5.74) is 0. The van der Waals surface area contributed by atoms with Crippen LogP contribution in [0.15, 0.2) is 11.6 Å². The largest absolute Gasteiger partial charge is 0.249 e. The fourth-order valence-electron chi connectivity index (χ4n) is 0.908. The molecule has 0 aliphatic rings. The molecule has 1 unspecified atom stereocenters. The smallest absolute Gasteiger partial charge is 0.0953 e. The quantitative estimate of drug-likeness (QED) is 0.652. The minimum absolute atomic E-state index is 0.595. The number of thiazole rings is 1. The first-order valence-corrected chi connectivity index (χ1v) is 4.41. The fraction of sp³-hybridized carbons (Fsp3) is 0.500. The Bertz CT molecular complexity index is 169. The monoisotopic (exact) mass is 154 g/mol. The molecule has 55 valence electrons. The maximum absolute atomic E-state index is 4.23. The van der Waals surface area contributed by atoms with Crippen LogP contribution < -0.4 is 0 Å². The second-order valence-electron chi connectivity index (χ2n) is 2.41. The second kappa shape index (κ2) is 3.71. The van der Waals surface area contributed by atoms with Crippen molar-refractivity contribution in [1.82, 2.24) is 4.98 Å². The van der Waals surface area contributed by atoms with Crippen molar-refractivity contribution in [1.29, 1.82) is 0 Å². The van der Waals surface area contributed by atoms with Gasteiger partial charge in [-0.2, -0.15) is 0 Å². The van der Waals surface area contributed by atoms with Gasteiger partial charge in [-0.05, 0) is 6.42 Å². The number of nitrogens with zero attached hydrogens (tertiary/aromatic N) is 1. The summed E-state index contributed by atoms with van der Waals surface area (Å²) in [6.07, 6.45) is 4.01. The Labute approximate surface area is 66.1 Å². The molecule has 1 aromatic rings. The molecule has 0 aliphatic carbocycles. The van der Waals surface area contributed by atoms with Gasteiger partial charge in [-0.3, -0.25) is 0 Å². The molecule has 1 nitrogen and oxygen atoms in total. The lowest BCUT2D eigenvalue weighted by molar-refractivity contribution is 0.684. The van der Waals surface area contributed by atoms with E-state index < -0.39 is 0 Å². The summed E-state index contributed by atoms with van der Waals surface area (Å²) in [5.74, 6) is 0.595. The molecule has 1 rings (SSSR count). The third-order valence-corrected chi connectivity index (χ3v) is 2.52. The molecule has 2 heteroatoms. The highest BCUT2D eigenvalue weighted by molar-refractivity contribution is 7.09. The van der Waals surface area contributed by atoms with Gasteiger partial charge in [0.2, 0.25) is 0 Å².